The molecule has 1 aromatic rings. The summed E-state index contributed by atoms with van der Waals surface area (Å²) in [5, 5.41) is 3.35. The zero-order chi connectivity index (χ0) is 13.9. The molecule has 0 bridgehead atoms. The minimum absolute atomic E-state index is 0.121. The summed E-state index contributed by atoms with van der Waals surface area (Å²) in [6.07, 6.45) is -1.43. The highest BCUT2D eigenvalue weighted by Gasteiger charge is 2.31. The first-order chi connectivity index (χ1) is 8.98. The van der Waals surface area contributed by atoms with Gasteiger partial charge in [-0.15, -0.1) is 13.2 Å². The predicted molar refractivity (Wildman–Crippen MR) is 66.9 cm³/mol. The molecular weight excluding hydrogens is 255 g/mol. The fraction of sp³-hybridized carbons (Fsp3) is 0.571. The summed E-state index contributed by atoms with van der Waals surface area (Å²) in [7, 11) is 0. The van der Waals surface area contributed by atoms with Gasteiger partial charge in [0.1, 0.15) is 5.75 Å². The van der Waals surface area contributed by atoms with Crippen molar-refractivity contribution >= 4 is 0 Å². The number of halogens is 3. The molecule has 0 saturated carbocycles. The van der Waals surface area contributed by atoms with Crippen molar-refractivity contribution in [2.24, 2.45) is 5.92 Å². The number of alkyl halides is 3. The van der Waals surface area contributed by atoms with E-state index in [1.165, 1.54) is 12.1 Å². The van der Waals surface area contributed by atoms with Gasteiger partial charge in [-0.05, 0) is 43.0 Å². The number of ether oxygens (including phenoxy) is 1. The zero-order valence-corrected chi connectivity index (χ0v) is 10.8. The van der Waals surface area contributed by atoms with E-state index in [-0.39, 0.29) is 11.8 Å². The number of nitrogens with one attached hydrogen (secondary N) is 1. The molecule has 0 radical (unpaired) electrons. The molecule has 1 aliphatic rings. The third kappa shape index (κ3) is 4.13. The molecule has 1 heterocycles. The Morgan fingerprint density at radius 1 is 1.37 bits per heavy atom. The second-order valence-corrected chi connectivity index (χ2v) is 4.93. The Morgan fingerprint density at radius 2 is 2.16 bits per heavy atom. The highest BCUT2D eigenvalue weighted by atomic mass is 19.4. The Kier molecular flexibility index (Phi) is 4.34. The van der Waals surface area contributed by atoms with Crippen molar-refractivity contribution in [2.75, 3.05) is 6.54 Å². The summed E-state index contributed by atoms with van der Waals surface area (Å²) in [5.74, 6) is 0.490. The van der Waals surface area contributed by atoms with Crippen LogP contribution in [0.3, 0.4) is 0 Å². The number of hydrogen-bond acceptors (Lipinski definition) is 2. The second-order valence-electron chi connectivity index (χ2n) is 4.93. The molecule has 1 aliphatic heterocycles. The predicted octanol–water partition coefficient (Wildman–Crippen LogP) is 4.04. The summed E-state index contributed by atoms with van der Waals surface area (Å²) in [5.41, 5.74) is 0.861. The Bertz CT molecular complexity index is 419. The van der Waals surface area contributed by atoms with E-state index in [2.05, 4.69) is 17.0 Å². The summed E-state index contributed by atoms with van der Waals surface area (Å²) in [6.45, 7) is 3.06. The fourth-order valence-corrected chi connectivity index (χ4v) is 2.55. The van der Waals surface area contributed by atoms with Crippen LogP contribution in [0.4, 0.5) is 13.2 Å². The molecule has 1 aromatic carbocycles. The normalized spacial score (nSPS) is 24.2. The van der Waals surface area contributed by atoms with Crippen LogP contribution in [0.15, 0.2) is 24.3 Å². The Hall–Kier alpha value is -1.23. The minimum Gasteiger partial charge on any atom is -0.406 e. The van der Waals surface area contributed by atoms with Crippen molar-refractivity contribution in [3.05, 3.63) is 29.8 Å². The van der Waals surface area contributed by atoms with Gasteiger partial charge in [0, 0.05) is 6.04 Å². The molecule has 2 nitrogen and oxygen atoms in total. The van der Waals surface area contributed by atoms with E-state index in [1.807, 2.05) is 6.07 Å². The Labute approximate surface area is 111 Å². The molecule has 1 saturated heterocycles. The first-order valence-electron chi connectivity index (χ1n) is 6.57. The van der Waals surface area contributed by atoms with E-state index in [0.29, 0.717) is 5.92 Å². The van der Waals surface area contributed by atoms with Gasteiger partial charge >= 0.3 is 6.36 Å². The molecule has 19 heavy (non-hydrogen) atoms. The standard InChI is InChI=1S/C14H18F3NO/c1-2-10-6-7-18-13(8-10)11-4-3-5-12(9-11)19-14(15,16)17/h3-5,9-10,13,18H,2,6-8H2,1H3. The number of benzene rings is 1. The monoisotopic (exact) mass is 273 g/mol. The lowest BCUT2D eigenvalue weighted by molar-refractivity contribution is -0.274. The smallest absolute Gasteiger partial charge is 0.406 e. The number of rotatable bonds is 3. The molecular formula is C14H18F3NO. The van der Waals surface area contributed by atoms with E-state index >= 15 is 0 Å². The van der Waals surface area contributed by atoms with Crippen LogP contribution >= 0.6 is 0 Å². The van der Waals surface area contributed by atoms with E-state index < -0.39 is 6.36 Å². The molecule has 106 valence electrons. The van der Waals surface area contributed by atoms with E-state index in [1.54, 1.807) is 6.07 Å². The maximum Gasteiger partial charge on any atom is 0.573 e. The van der Waals surface area contributed by atoms with Gasteiger partial charge in [0.15, 0.2) is 0 Å². The van der Waals surface area contributed by atoms with Crippen LogP contribution in [-0.2, 0) is 0 Å². The summed E-state index contributed by atoms with van der Waals surface area (Å²) in [6, 6.07) is 6.38. The maximum atomic E-state index is 12.2. The van der Waals surface area contributed by atoms with Crippen molar-refractivity contribution in [1.82, 2.24) is 5.32 Å². The average molecular weight is 273 g/mol. The van der Waals surface area contributed by atoms with Crippen LogP contribution in [0.2, 0.25) is 0 Å². The SMILES string of the molecule is CCC1CCNC(c2cccc(OC(F)(F)F)c2)C1. The van der Waals surface area contributed by atoms with Gasteiger partial charge in [0.2, 0.25) is 0 Å². The summed E-state index contributed by atoms with van der Waals surface area (Å²) >= 11 is 0. The van der Waals surface area contributed by atoms with Crippen LogP contribution in [0.25, 0.3) is 0 Å². The van der Waals surface area contributed by atoms with Gasteiger partial charge in [-0.3, -0.25) is 0 Å². The maximum absolute atomic E-state index is 12.2. The first kappa shape index (κ1) is 14.2. The Balaban J connectivity index is 2.09. The molecule has 2 unspecified atom stereocenters. The van der Waals surface area contributed by atoms with Crippen molar-refractivity contribution < 1.29 is 17.9 Å². The van der Waals surface area contributed by atoms with Crippen molar-refractivity contribution in [1.29, 1.82) is 0 Å². The molecule has 1 fully saturated rings. The summed E-state index contributed by atoms with van der Waals surface area (Å²) in [4.78, 5) is 0. The van der Waals surface area contributed by atoms with Crippen LogP contribution < -0.4 is 10.1 Å². The van der Waals surface area contributed by atoms with Crippen LogP contribution in [0, 0.1) is 5.92 Å². The minimum atomic E-state index is -4.63. The molecule has 5 heteroatoms. The van der Waals surface area contributed by atoms with Gasteiger partial charge in [0.25, 0.3) is 0 Å². The topological polar surface area (TPSA) is 21.3 Å². The van der Waals surface area contributed by atoms with Crippen molar-refractivity contribution in [3.8, 4) is 5.75 Å². The highest BCUT2D eigenvalue weighted by Crippen LogP contribution is 2.31. The first-order valence-corrected chi connectivity index (χ1v) is 6.57. The number of piperidine rings is 1. The van der Waals surface area contributed by atoms with Gasteiger partial charge in [-0.2, -0.15) is 0 Å². The third-order valence-corrected chi connectivity index (χ3v) is 3.58. The average Bonchev–Trinajstić information content (AvgIpc) is 2.37. The van der Waals surface area contributed by atoms with Gasteiger partial charge in [-0.1, -0.05) is 25.5 Å². The summed E-state index contributed by atoms with van der Waals surface area (Å²) < 4.78 is 40.5. The molecule has 0 amide bonds. The fourth-order valence-electron chi connectivity index (χ4n) is 2.55. The molecule has 2 atom stereocenters. The second kappa shape index (κ2) is 5.82. The largest absolute Gasteiger partial charge is 0.573 e. The van der Waals surface area contributed by atoms with Crippen molar-refractivity contribution in [2.45, 2.75) is 38.6 Å². The number of hydrogen-bond donors (Lipinski definition) is 1. The van der Waals surface area contributed by atoms with E-state index in [4.69, 9.17) is 0 Å². The van der Waals surface area contributed by atoms with E-state index in [9.17, 15) is 13.2 Å². The molecule has 0 aliphatic carbocycles. The van der Waals surface area contributed by atoms with E-state index in [0.717, 1.165) is 31.4 Å². The van der Waals surface area contributed by atoms with Gasteiger partial charge < -0.3 is 10.1 Å². The molecule has 0 aromatic heterocycles. The lowest BCUT2D eigenvalue weighted by atomic mass is 9.87. The third-order valence-electron chi connectivity index (χ3n) is 3.58. The van der Waals surface area contributed by atoms with Crippen LogP contribution in [0.1, 0.15) is 37.8 Å². The Morgan fingerprint density at radius 3 is 2.84 bits per heavy atom. The molecule has 1 N–H and O–H groups in total. The van der Waals surface area contributed by atoms with Gasteiger partial charge in [-0.25, -0.2) is 0 Å². The quantitative estimate of drug-likeness (QED) is 0.897. The van der Waals surface area contributed by atoms with Gasteiger partial charge in [0.05, 0.1) is 0 Å². The van der Waals surface area contributed by atoms with Crippen LogP contribution in [0.5, 0.6) is 5.75 Å². The van der Waals surface area contributed by atoms with Crippen LogP contribution in [-0.4, -0.2) is 12.9 Å². The lowest BCUT2D eigenvalue weighted by Crippen LogP contribution is -2.31. The zero-order valence-electron chi connectivity index (χ0n) is 10.8. The van der Waals surface area contributed by atoms with Crippen molar-refractivity contribution in [3.63, 3.8) is 0 Å². The molecule has 2 rings (SSSR count). The molecule has 0 spiro atoms. The highest BCUT2D eigenvalue weighted by molar-refractivity contribution is 5.31. The lowest BCUT2D eigenvalue weighted by Gasteiger charge is -2.30.